The predicted octanol–water partition coefficient (Wildman–Crippen LogP) is 5.12. The summed E-state index contributed by atoms with van der Waals surface area (Å²) in [5.74, 6) is -0.352. The van der Waals surface area contributed by atoms with Crippen molar-refractivity contribution in [3.05, 3.63) is 69.1 Å². The highest BCUT2D eigenvalue weighted by Gasteiger charge is 2.33. The van der Waals surface area contributed by atoms with E-state index in [-0.39, 0.29) is 23.0 Å². The zero-order chi connectivity index (χ0) is 21.1. The third kappa shape index (κ3) is 4.60. The van der Waals surface area contributed by atoms with Crippen LogP contribution in [0.2, 0.25) is 5.02 Å². The molecule has 1 atom stereocenters. The van der Waals surface area contributed by atoms with Crippen LogP contribution in [-0.2, 0) is 0 Å². The Labute approximate surface area is 183 Å². The molecule has 0 spiro atoms. The number of urea groups is 1. The van der Waals surface area contributed by atoms with Gasteiger partial charge in [-0.05, 0) is 50.1 Å². The number of nitrogens with one attached hydrogen (secondary N) is 2. The van der Waals surface area contributed by atoms with Crippen molar-refractivity contribution in [1.82, 2.24) is 15.1 Å². The Morgan fingerprint density at radius 1 is 1.10 bits per heavy atom. The van der Waals surface area contributed by atoms with E-state index in [0.717, 1.165) is 24.1 Å². The number of likely N-dealkylation sites (tertiary alicyclic amines) is 1. The van der Waals surface area contributed by atoms with Crippen molar-refractivity contribution < 1.29 is 9.59 Å². The Balaban J connectivity index is 1.44. The second-order valence-corrected chi connectivity index (χ2v) is 8.50. The molecule has 3 aromatic rings. The van der Waals surface area contributed by atoms with Crippen LogP contribution in [0.1, 0.15) is 39.3 Å². The first-order chi connectivity index (χ1) is 14.5. The standard InChI is InChI=1S/C21H20ClN5O2S/c1-13-7-9-15(10-8-13)24-21(29)27-11-3-6-17(27)19-25-26-20(30-19)18(28)23-16-5-2-4-14(22)12-16/h2,4-5,7-10,12,17H,3,6,11H2,1H3,(H,23,28)(H,24,29)/t17-/m1/s1. The summed E-state index contributed by atoms with van der Waals surface area (Å²) in [5, 5.41) is 15.4. The first-order valence-corrected chi connectivity index (χ1v) is 10.7. The third-order valence-electron chi connectivity index (χ3n) is 4.82. The molecule has 30 heavy (non-hydrogen) atoms. The highest BCUT2D eigenvalue weighted by atomic mass is 35.5. The number of aromatic nitrogens is 2. The molecule has 1 aliphatic heterocycles. The number of benzene rings is 2. The van der Waals surface area contributed by atoms with Gasteiger partial charge < -0.3 is 15.5 Å². The maximum absolute atomic E-state index is 12.8. The van der Waals surface area contributed by atoms with Crippen LogP contribution in [0, 0.1) is 6.92 Å². The van der Waals surface area contributed by atoms with Gasteiger partial charge in [-0.2, -0.15) is 0 Å². The molecule has 0 aliphatic carbocycles. The SMILES string of the molecule is Cc1ccc(NC(=O)N2CCC[C@@H]2c2nnc(C(=O)Nc3cccc(Cl)c3)s2)cc1. The van der Waals surface area contributed by atoms with Crippen LogP contribution >= 0.6 is 22.9 Å². The van der Waals surface area contributed by atoms with Crippen LogP contribution in [0.5, 0.6) is 0 Å². The van der Waals surface area contributed by atoms with Gasteiger partial charge in [-0.3, -0.25) is 4.79 Å². The first-order valence-electron chi connectivity index (χ1n) is 9.54. The highest BCUT2D eigenvalue weighted by Crippen LogP contribution is 2.34. The van der Waals surface area contributed by atoms with Gasteiger partial charge in [0.1, 0.15) is 5.01 Å². The molecule has 4 rings (SSSR count). The van der Waals surface area contributed by atoms with Crippen LogP contribution in [0.15, 0.2) is 48.5 Å². The number of aryl methyl sites for hydroxylation is 1. The molecular weight excluding hydrogens is 422 g/mol. The molecule has 1 aromatic heterocycles. The molecular formula is C21H20ClN5O2S. The van der Waals surface area contributed by atoms with Crippen LogP contribution in [0.25, 0.3) is 0 Å². The lowest BCUT2D eigenvalue weighted by molar-refractivity contribution is 0.102. The van der Waals surface area contributed by atoms with Crippen molar-refractivity contribution in [2.75, 3.05) is 17.2 Å². The third-order valence-corrected chi connectivity index (χ3v) is 6.08. The van der Waals surface area contributed by atoms with Gasteiger partial charge in [-0.25, -0.2) is 4.79 Å². The lowest BCUT2D eigenvalue weighted by atomic mass is 10.2. The maximum atomic E-state index is 12.8. The fourth-order valence-corrected chi connectivity index (χ4v) is 4.39. The summed E-state index contributed by atoms with van der Waals surface area (Å²) in [7, 11) is 0. The smallest absolute Gasteiger partial charge is 0.320 e. The summed E-state index contributed by atoms with van der Waals surface area (Å²) in [4.78, 5) is 27.0. The molecule has 154 valence electrons. The number of anilines is 2. The second kappa shape index (κ2) is 8.81. The fourth-order valence-electron chi connectivity index (χ4n) is 3.31. The van der Waals surface area contributed by atoms with Gasteiger partial charge >= 0.3 is 6.03 Å². The highest BCUT2D eigenvalue weighted by molar-refractivity contribution is 7.13. The van der Waals surface area contributed by atoms with Crippen molar-refractivity contribution in [3.63, 3.8) is 0 Å². The summed E-state index contributed by atoms with van der Waals surface area (Å²) in [6.07, 6.45) is 1.65. The molecule has 7 nitrogen and oxygen atoms in total. The van der Waals surface area contributed by atoms with E-state index < -0.39 is 0 Å². The molecule has 9 heteroatoms. The second-order valence-electron chi connectivity index (χ2n) is 7.06. The zero-order valence-electron chi connectivity index (χ0n) is 16.3. The summed E-state index contributed by atoms with van der Waals surface area (Å²) < 4.78 is 0. The first kappa shape index (κ1) is 20.3. The van der Waals surface area contributed by atoms with Crippen LogP contribution < -0.4 is 10.6 Å². The van der Waals surface area contributed by atoms with E-state index in [2.05, 4.69) is 20.8 Å². The number of amides is 3. The normalized spacial score (nSPS) is 15.8. The lowest BCUT2D eigenvalue weighted by Crippen LogP contribution is -2.34. The molecule has 0 radical (unpaired) electrons. The lowest BCUT2D eigenvalue weighted by Gasteiger charge is -2.23. The summed E-state index contributed by atoms with van der Waals surface area (Å²) >= 11 is 7.16. The average molecular weight is 442 g/mol. The number of carbonyl (C=O) groups is 2. The summed E-state index contributed by atoms with van der Waals surface area (Å²) in [6, 6.07) is 14.2. The summed E-state index contributed by atoms with van der Waals surface area (Å²) in [6.45, 7) is 2.63. The largest absolute Gasteiger partial charge is 0.322 e. The van der Waals surface area contributed by atoms with Gasteiger partial charge in [0.25, 0.3) is 5.91 Å². The van der Waals surface area contributed by atoms with Gasteiger partial charge in [-0.15, -0.1) is 10.2 Å². The van der Waals surface area contributed by atoms with Gasteiger partial charge in [0, 0.05) is 22.9 Å². The Bertz CT molecular complexity index is 1070. The monoisotopic (exact) mass is 441 g/mol. The molecule has 1 saturated heterocycles. The van der Waals surface area contributed by atoms with E-state index in [4.69, 9.17) is 11.6 Å². The molecule has 0 bridgehead atoms. The van der Waals surface area contributed by atoms with Crippen molar-refractivity contribution >= 4 is 46.3 Å². The minimum Gasteiger partial charge on any atom is -0.320 e. The van der Waals surface area contributed by atoms with Crippen LogP contribution in [-0.4, -0.2) is 33.6 Å². The van der Waals surface area contributed by atoms with Gasteiger partial charge in [0.2, 0.25) is 5.01 Å². The Kier molecular flexibility index (Phi) is 5.96. The number of hydrogen-bond acceptors (Lipinski definition) is 5. The molecule has 2 heterocycles. The van der Waals surface area contributed by atoms with E-state index >= 15 is 0 Å². The quantitative estimate of drug-likeness (QED) is 0.588. The van der Waals surface area contributed by atoms with E-state index in [1.54, 1.807) is 29.2 Å². The molecule has 0 unspecified atom stereocenters. The summed E-state index contributed by atoms with van der Waals surface area (Å²) in [5.41, 5.74) is 2.46. The van der Waals surface area contributed by atoms with Crippen LogP contribution in [0.3, 0.4) is 0 Å². The molecule has 1 aliphatic rings. The molecule has 2 aromatic carbocycles. The number of hydrogen-bond donors (Lipinski definition) is 2. The van der Waals surface area contributed by atoms with Crippen molar-refractivity contribution in [1.29, 1.82) is 0 Å². The number of halogens is 1. The topological polar surface area (TPSA) is 87.2 Å². The van der Waals surface area contributed by atoms with Gasteiger partial charge in [0.05, 0.1) is 6.04 Å². The van der Waals surface area contributed by atoms with Crippen molar-refractivity contribution in [3.8, 4) is 0 Å². The zero-order valence-corrected chi connectivity index (χ0v) is 17.8. The molecule has 2 N–H and O–H groups in total. The minimum atomic E-state index is -0.352. The van der Waals surface area contributed by atoms with E-state index in [0.29, 0.717) is 22.3 Å². The molecule has 0 saturated carbocycles. The Hall–Kier alpha value is -2.97. The number of nitrogens with zero attached hydrogens (tertiary/aromatic N) is 3. The van der Waals surface area contributed by atoms with Gasteiger partial charge in [0.15, 0.2) is 0 Å². The van der Waals surface area contributed by atoms with Crippen molar-refractivity contribution in [2.45, 2.75) is 25.8 Å². The number of rotatable bonds is 4. The maximum Gasteiger partial charge on any atom is 0.322 e. The van der Waals surface area contributed by atoms with Crippen molar-refractivity contribution in [2.24, 2.45) is 0 Å². The predicted molar refractivity (Wildman–Crippen MR) is 118 cm³/mol. The van der Waals surface area contributed by atoms with E-state index in [9.17, 15) is 9.59 Å². The van der Waals surface area contributed by atoms with E-state index in [1.165, 1.54) is 11.3 Å². The Morgan fingerprint density at radius 3 is 2.67 bits per heavy atom. The van der Waals surface area contributed by atoms with Crippen LogP contribution in [0.4, 0.5) is 16.2 Å². The molecule has 1 fully saturated rings. The Morgan fingerprint density at radius 2 is 1.90 bits per heavy atom. The molecule has 3 amide bonds. The minimum absolute atomic E-state index is 0.179. The van der Waals surface area contributed by atoms with E-state index in [1.807, 2.05) is 31.2 Å². The van der Waals surface area contributed by atoms with Gasteiger partial charge in [-0.1, -0.05) is 46.7 Å². The average Bonchev–Trinajstić information content (AvgIpc) is 3.39. The number of carbonyl (C=O) groups excluding carboxylic acids is 2. The fraction of sp³-hybridized carbons (Fsp3) is 0.238.